The van der Waals surface area contributed by atoms with Crippen molar-refractivity contribution < 1.29 is 4.79 Å². The molecule has 1 N–H and O–H groups in total. The van der Waals surface area contributed by atoms with Crippen molar-refractivity contribution in [3.8, 4) is 0 Å². The van der Waals surface area contributed by atoms with E-state index in [0.29, 0.717) is 12.6 Å². The van der Waals surface area contributed by atoms with E-state index in [9.17, 15) is 4.79 Å². The second-order valence-electron chi connectivity index (χ2n) is 7.90. The largest absolute Gasteiger partial charge is 0.345 e. The molecule has 2 aliphatic carbocycles. The monoisotopic (exact) mass is 342 g/mol. The van der Waals surface area contributed by atoms with Crippen LogP contribution in [0.1, 0.15) is 92.0 Å². The lowest BCUT2D eigenvalue weighted by Gasteiger charge is -2.26. The van der Waals surface area contributed by atoms with Crippen LogP contribution in [0.15, 0.2) is 17.7 Å². The van der Waals surface area contributed by atoms with Gasteiger partial charge in [-0.15, -0.1) is 0 Å². The van der Waals surface area contributed by atoms with Crippen molar-refractivity contribution in [3.05, 3.63) is 34.7 Å². The summed E-state index contributed by atoms with van der Waals surface area (Å²) in [6, 6.07) is 2.71. The van der Waals surface area contributed by atoms with Crippen LogP contribution < -0.4 is 5.32 Å². The van der Waals surface area contributed by atoms with Crippen molar-refractivity contribution in [3.63, 3.8) is 0 Å². The van der Waals surface area contributed by atoms with Gasteiger partial charge in [-0.3, -0.25) is 4.79 Å². The first kappa shape index (κ1) is 18.4. The van der Waals surface area contributed by atoms with Crippen LogP contribution in [-0.4, -0.2) is 23.4 Å². The first-order valence-corrected chi connectivity index (χ1v) is 10.3. The molecule has 0 unspecified atom stereocenters. The maximum absolute atomic E-state index is 12.7. The van der Waals surface area contributed by atoms with Crippen LogP contribution in [0.5, 0.6) is 0 Å². The Balaban J connectivity index is 1.54. The molecule has 0 atom stereocenters. The van der Waals surface area contributed by atoms with Crippen LogP contribution in [0.4, 0.5) is 0 Å². The lowest BCUT2D eigenvalue weighted by molar-refractivity contribution is 0.0990. The average molecular weight is 343 g/mol. The Hall–Kier alpha value is -1.35. The maximum Gasteiger partial charge on any atom is 0.178 e. The fraction of sp³-hybridized carbons (Fsp3) is 0.682. The number of carbonyl (C=O) groups excluding carboxylic acids is 1. The number of aromatic nitrogens is 1. The Morgan fingerprint density at radius 1 is 1.16 bits per heavy atom. The number of hydrogen-bond acceptors (Lipinski definition) is 2. The molecule has 1 saturated carbocycles. The van der Waals surface area contributed by atoms with Gasteiger partial charge < -0.3 is 9.88 Å². The first-order valence-electron chi connectivity index (χ1n) is 10.3. The number of Topliss-reactive ketones (excluding diaryl/α,β-unsaturated/α-hetero) is 1. The van der Waals surface area contributed by atoms with Crippen LogP contribution >= 0.6 is 0 Å². The van der Waals surface area contributed by atoms with Gasteiger partial charge in [-0.1, -0.05) is 30.9 Å². The highest BCUT2D eigenvalue weighted by Crippen LogP contribution is 2.32. The molecule has 1 aromatic rings. The van der Waals surface area contributed by atoms with Crippen molar-refractivity contribution >= 4 is 5.78 Å². The van der Waals surface area contributed by atoms with Gasteiger partial charge in [0.15, 0.2) is 5.78 Å². The van der Waals surface area contributed by atoms with E-state index in [-0.39, 0.29) is 5.78 Å². The fourth-order valence-corrected chi connectivity index (χ4v) is 4.64. The van der Waals surface area contributed by atoms with Gasteiger partial charge in [0, 0.05) is 23.0 Å². The van der Waals surface area contributed by atoms with Crippen molar-refractivity contribution in [2.45, 2.75) is 84.1 Å². The normalized spacial score (nSPS) is 19.0. The van der Waals surface area contributed by atoms with Gasteiger partial charge in [-0.05, 0) is 71.4 Å². The first-order chi connectivity index (χ1) is 12.2. The summed E-state index contributed by atoms with van der Waals surface area (Å²) in [5, 5.41) is 3.37. The summed E-state index contributed by atoms with van der Waals surface area (Å²) in [6.07, 6.45) is 15.2. The summed E-state index contributed by atoms with van der Waals surface area (Å²) in [5.74, 6) is 0.243. The molecule has 0 spiro atoms. The van der Waals surface area contributed by atoms with Gasteiger partial charge in [0.25, 0.3) is 0 Å². The van der Waals surface area contributed by atoms with E-state index in [1.165, 1.54) is 69.2 Å². The van der Waals surface area contributed by atoms with Crippen LogP contribution in [0.3, 0.4) is 0 Å². The SMILES string of the molecule is Cc1cc(C(=O)CNCCC2=CCCCC2)c(C)n1C1CCCCC1. The molecular formula is C22H34N2O. The molecule has 3 nitrogen and oxygen atoms in total. The van der Waals surface area contributed by atoms with Crippen LogP contribution in [0.2, 0.25) is 0 Å². The summed E-state index contributed by atoms with van der Waals surface area (Å²) in [6.45, 7) is 5.66. The molecule has 1 heterocycles. The molecule has 0 aromatic carbocycles. The second kappa shape index (κ2) is 8.84. The predicted molar refractivity (Wildman–Crippen MR) is 104 cm³/mol. The molecule has 0 bridgehead atoms. The van der Waals surface area contributed by atoms with Crippen molar-refractivity contribution in [2.24, 2.45) is 0 Å². The number of ketones is 1. The second-order valence-corrected chi connectivity index (χ2v) is 7.90. The van der Waals surface area contributed by atoms with Gasteiger partial charge in [0.2, 0.25) is 0 Å². The molecule has 3 heteroatoms. The van der Waals surface area contributed by atoms with Crippen molar-refractivity contribution in [1.29, 1.82) is 0 Å². The Labute approximate surface area is 152 Å². The van der Waals surface area contributed by atoms with Gasteiger partial charge in [0.05, 0.1) is 6.54 Å². The third-order valence-electron chi connectivity index (χ3n) is 6.02. The zero-order chi connectivity index (χ0) is 17.6. The molecule has 0 radical (unpaired) electrons. The molecule has 0 saturated heterocycles. The summed E-state index contributed by atoms with van der Waals surface area (Å²) < 4.78 is 2.43. The average Bonchev–Trinajstić information content (AvgIpc) is 2.94. The Morgan fingerprint density at radius 2 is 1.96 bits per heavy atom. The van der Waals surface area contributed by atoms with Gasteiger partial charge in [0.1, 0.15) is 0 Å². The quantitative estimate of drug-likeness (QED) is 0.416. The summed E-state index contributed by atoms with van der Waals surface area (Å²) in [5.41, 5.74) is 4.92. The number of nitrogens with zero attached hydrogens (tertiary/aromatic N) is 1. The van der Waals surface area contributed by atoms with Gasteiger partial charge in [-0.2, -0.15) is 0 Å². The predicted octanol–water partition coefficient (Wildman–Crippen LogP) is 5.27. The molecule has 2 aliphatic rings. The number of nitrogens with one attached hydrogen (secondary N) is 1. The number of allylic oxidation sites excluding steroid dienone is 1. The van der Waals surface area contributed by atoms with E-state index in [4.69, 9.17) is 0 Å². The smallest absolute Gasteiger partial charge is 0.178 e. The third-order valence-corrected chi connectivity index (χ3v) is 6.02. The fourth-order valence-electron chi connectivity index (χ4n) is 4.64. The number of aryl methyl sites for hydroxylation is 1. The van der Waals surface area contributed by atoms with Gasteiger partial charge in [-0.25, -0.2) is 0 Å². The molecule has 25 heavy (non-hydrogen) atoms. The molecule has 3 rings (SSSR count). The van der Waals surface area contributed by atoms with E-state index in [2.05, 4.69) is 35.9 Å². The Bertz CT molecular complexity index is 620. The van der Waals surface area contributed by atoms with E-state index in [1.54, 1.807) is 5.57 Å². The Morgan fingerprint density at radius 3 is 2.68 bits per heavy atom. The lowest BCUT2D eigenvalue weighted by atomic mass is 9.95. The highest BCUT2D eigenvalue weighted by Gasteiger charge is 2.22. The number of hydrogen-bond donors (Lipinski definition) is 1. The van der Waals surface area contributed by atoms with E-state index in [1.807, 2.05) is 0 Å². The maximum atomic E-state index is 12.7. The summed E-state index contributed by atoms with van der Waals surface area (Å²) in [7, 11) is 0. The topological polar surface area (TPSA) is 34.0 Å². The highest BCUT2D eigenvalue weighted by molar-refractivity contribution is 5.99. The van der Waals surface area contributed by atoms with E-state index < -0.39 is 0 Å². The zero-order valence-corrected chi connectivity index (χ0v) is 16.1. The Kier molecular flexibility index (Phi) is 6.52. The standard InChI is InChI=1S/C22H34N2O/c1-17-15-21(18(2)24(17)20-11-7-4-8-12-20)22(25)16-23-14-13-19-9-5-3-6-10-19/h9,15,20,23H,3-8,10-14,16H2,1-2H3. The van der Waals surface area contributed by atoms with Crippen LogP contribution in [0.25, 0.3) is 0 Å². The van der Waals surface area contributed by atoms with Crippen molar-refractivity contribution in [1.82, 2.24) is 9.88 Å². The lowest BCUT2D eigenvalue weighted by Crippen LogP contribution is -2.25. The minimum Gasteiger partial charge on any atom is -0.345 e. The molecule has 138 valence electrons. The minimum absolute atomic E-state index is 0.243. The molecular weight excluding hydrogens is 308 g/mol. The number of rotatable bonds is 7. The zero-order valence-electron chi connectivity index (χ0n) is 16.1. The summed E-state index contributed by atoms with van der Waals surface area (Å²) in [4.78, 5) is 12.7. The van der Waals surface area contributed by atoms with E-state index >= 15 is 0 Å². The molecule has 0 aliphatic heterocycles. The highest BCUT2D eigenvalue weighted by atomic mass is 16.1. The molecule has 0 amide bonds. The number of carbonyl (C=O) groups is 1. The molecule has 1 aromatic heterocycles. The molecule has 1 fully saturated rings. The summed E-state index contributed by atoms with van der Waals surface area (Å²) >= 11 is 0. The third kappa shape index (κ3) is 4.63. The van der Waals surface area contributed by atoms with Gasteiger partial charge >= 0.3 is 0 Å². The van der Waals surface area contributed by atoms with Crippen LogP contribution in [0, 0.1) is 13.8 Å². The van der Waals surface area contributed by atoms with Crippen LogP contribution in [-0.2, 0) is 0 Å². The van der Waals surface area contributed by atoms with E-state index in [0.717, 1.165) is 18.5 Å². The van der Waals surface area contributed by atoms with Crippen molar-refractivity contribution in [2.75, 3.05) is 13.1 Å². The minimum atomic E-state index is 0.243.